The van der Waals surface area contributed by atoms with Crippen molar-refractivity contribution in [1.82, 2.24) is 10.6 Å². The molecule has 5 nitrogen and oxygen atoms in total. The number of rotatable bonds is 8. The van der Waals surface area contributed by atoms with Gasteiger partial charge in [-0.05, 0) is 34.5 Å². The summed E-state index contributed by atoms with van der Waals surface area (Å²) in [5.41, 5.74) is 0. The molecule has 0 fully saturated rings. The summed E-state index contributed by atoms with van der Waals surface area (Å²) in [7, 11) is 1.96. The molecule has 0 radical (unpaired) electrons. The van der Waals surface area contributed by atoms with Gasteiger partial charge in [-0.25, -0.2) is 0 Å². The topological polar surface area (TPSA) is 62.6 Å². The molecule has 0 aliphatic carbocycles. The van der Waals surface area contributed by atoms with Gasteiger partial charge in [-0.2, -0.15) is 0 Å². The third kappa shape index (κ3) is 7.02. The number of hydrogen-bond acceptors (Lipinski definition) is 3. The van der Waals surface area contributed by atoms with E-state index in [2.05, 4.69) is 26.6 Å². The summed E-state index contributed by atoms with van der Waals surface area (Å²) >= 11 is 5.09. The molecule has 0 saturated heterocycles. The highest BCUT2D eigenvalue weighted by molar-refractivity contribution is 9.11. The molecule has 0 aliphatic heterocycles. The normalized spacial score (nSPS) is 11.9. The van der Waals surface area contributed by atoms with E-state index < -0.39 is 0 Å². The van der Waals surface area contributed by atoms with Crippen LogP contribution in [0.15, 0.2) is 15.9 Å². The largest absolute Gasteiger partial charge is 0.355 e. The van der Waals surface area contributed by atoms with Gasteiger partial charge in [-0.15, -0.1) is 11.3 Å². The highest BCUT2D eigenvalue weighted by atomic mass is 79.9. The van der Waals surface area contributed by atoms with Gasteiger partial charge >= 0.3 is 0 Å². The van der Waals surface area contributed by atoms with E-state index in [4.69, 9.17) is 0 Å². The monoisotopic (exact) mass is 362 g/mol. The molecule has 0 aliphatic rings. The second-order valence-electron chi connectivity index (χ2n) is 4.64. The third-order valence-electron chi connectivity index (χ3n) is 2.59. The van der Waals surface area contributed by atoms with Gasteiger partial charge in [-0.1, -0.05) is 6.92 Å². The number of thiophene rings is 1. The highest BCUT2D eigenvalue weighted by Crippen LogP contribution is 2.20. The zero-order valence-electron chi connectivity index (χ0n) is 11.8. The minimum absolute atomic E-state index is 0.0522. The van der Waals surface area contributed by atoms with Gasteiger partial charge in [0, 0.05) is 6.54 Å². The minimum atomic E-state index is -0.139. The number of likely N-dealkylation sites (N-methyl/N-ethyl adjacent to an activating group) is 1. The second kappa shape index (κ2) is 9.10. The molecular weight excluding hydrogens is 342 g/mol. The van der Waals surface area contributed by atoms with E-state index in [-0.39, 0.29) is 18.4 Å². The van der Waals surface area contributed by atoms with E-state index in [0.29, 0.717) is 13.1 Å². The lowest BCUT2D eigenvalue weighted by Crippen LogP contribution is -3.08. The first-order valence-electron chi connectivity index (χ1n) is 6.60. The van der Waals surface area contributed by atoms with Crippen molar-refractivity contribution >= 4 is 39.1 Å². The molecule has 3 N–H and O–H groups in total. The molecule has 2 amide bonds. The van der Waals surface area contributed by atoms with Crippen LogP contribution >= 0.6 is 27.3 Å². The lowest BCUT2D eigenvalue weighted by Gasteiger charge is -2.12. The number of nitrogens with one attached hydrogen (secondary N) is 3. The van der Waals surface area contributed by atoms with Crippen molar-refractivity contribution < 1.29 is 14.5 Å². The van der Waals surface area contributed by atoms with Crippen LogP contribution in [0.25, 0.3) is 0 Å². The summed E-state index contributed by atoms with van der Waals surface area (Å²) in [6.45, 7) is 3.84. The van der Waals surface area contributed by atoms with Gasteiger partial charge in [0.1, 0.15) is 6.54 Å². The Morgan fingerprint density at radius 2 is 2.05 bits per heavy atom. The van der Waals surface area contributed by atoms with Crippen molar-refractivity contribution in [3.05, 3.63) is 20.8 Å². The van der Waals surface area contributed by atoms with Gasteiger partial charge in [-0.3, -0.25) is 9.59 Å². The molecule has 0 spiro atoms. The maximum absolute atomic E-state index is 11.7. The van der Waals surface area contributed by atoms with Gasteiger partial charge in [0.25, 0.3) is 5.91 Å². The second-order valence-corrected chi connectivity index (χ2v) is 7.19. The Labute approximate surface area is 131 Å². The molecule has 112 valence electrons. The molecule has 0 bridgehead atoms. The Balaban J connectivity index is 2.22. The minimum Gasteiger partial charge on any atom is -0.355 e. The number of quaternary nitrogens is 1. The van der Waals surface area contributed by atoms with Crippen molar-refractivity contribution in [2.45, 2.75) is 19.9 Å². The lowest BCUT2D eigenvalue weighted by atomic mass is 10.4. The summed E-state index contributed by atoms with van der Waals surface area (Å²) < 4.78 is 1.09. The van der Waals surface area contributed by atoms with Gasteiger partial charge < -0.3 is 15.5 Å². The lowest BCUT2D eigenvalue weighted by molar-refractivity contribution is -0.885. The highest BCUT2D eigenvalue weighted by Gasteiger charge is 2.12. The fraction of sp³-hybridized carbons (Fsp3) is 0.538. The van der Waals surface area contributed by atoms with Crippen LogP contribution in [0.2, 0.25) is 0 Å². The molecule has 7 heteroatoms. The Morgan fingerprint density at radius 3 is 2.65 bits per heavy atom. The molecule has 1 unspecified atom stereocenters. The van der Waals surface area contributed by atoms with Crippen LogP contribution in [-0.2, 0) is 16.1 Å². The van der Waals surface area contributed by atoms with Crippen LogP contribution < -0.4 is 15.5 Å². The van der Waals surface area contributed by atoms with Crippen molar-refractivity contribution in [3.63, 3.8) is 0 Å². The van der Waals surface area contributed by atoms with E-state index in [1.165, 1.54) is 4.88 Å². The van der Waals surface area contributed by atoms with Gasteiger partial charge in [0.05, 0.1) is 22.3 Å². The van der Waals surface area contributed by atoms with Crippen LogP contribution in [0.4, 0.5) is 0 Å². The van der Waals surface area contributed by atoms with Crippen molar-refractivity contribution in [2.24, 2.45) is 0 Å². The number of halogens is 1. The molecule has 1 heterocycles. The Hall–Kier alpha value is -0.920. The van der Waals surface area contributed by atoms with Crippen molar-refractivity contribution in [2.75, 3.05) is 26.7 Å². The number of amides is 2. The van der Waals surface area contributed by atoms with E-state index in [9.17, 15) is 9.59 Å². The SMILES string of the molecule is CCCNC(=O)CNC(=O)C[NH+](C)Cc1ccc(Br)s1. The molecule has 1 aromatic rings. The molecule has 20 heavy (non-hydrogen) atoms. The van der Waals surface area contributed by atoms with Crippen LogP contribution in [0.3, 0.4) is 0 Å². The fourth-order valence-electron chi connectivity index (χ4n) is 1.65. The smallest absolute Gasteiger partial charge is 0.275 e. The van der Waals surface area contributed by atoms with Crippen LogP contribution in [0, 0.1) is 0 Å². The van der Waals surface area contributed by atoms with Crippen LogP contribution in [0.1, 0.15) is 18.2 Å². The number of carbonyl (C=O) groups excluding carboxylic acids is 2. The predicted octanol–water partition coefficient (Wildman–Crippen LogP) is 0.168. The zero-order valence-corrected chi connectivity index (χ0v) is 14.2. The Morgan fingerprint density at radius 1 is 1.30 bits per heavy atom. The van der Waals surface area contributed by atoms with E-state index >= 15 is 0 Å². The summed E-state index contributed by atoms with van der Waals surface area (Å²) in [6, 6.07) is 4.06. The van der Waals surface area contributed by atoms with E-state index in [1.807, 2.05) is 26.1 Å². The Kier molecular flexibility index (Phi) is 7.79. The maximum atomic E-state index is 11.7. The predicted molar refractivity (Wildman–Crippen MR) is 83.8 cm³/mol. The Bertz CT molecular complexity index is 451. The summed E-state index contributed by atoms with van der Waals surface area (Å²) in [4.78, 5) is 25.4. The van der Waals surface area contributed by atoms with Gasteiger partial charge in [0.2, 0.25) is 5.91 Å². The number of carbonyl (C=O) groups is 2. The first-order valence-corrected chi connectivity index (χ1v) is 8.21. The van der Waals surface area contributed by atoms with E-state index in [0.717, 1.165) is 21.7 Å². The maximum Gasteiger partial charge on any atom is 0.275 e. The average molecular weight is 363 g/mol. The first kappa shape index (κ1) is 17.1. The molecule has 0 saturated carbocycles. The zero-order chi connectivity index (χ0) is 15.0. The fourth-order valence-corrected chi connectivity index (χ4v) is 3.25. The summed E-state index contributed by atoms with van der Waals surface area (Å²) in [5.74, 6) is -0.246. The van der Waals surface area contributed by atoms with Crippen LogP contribution in [0.5, 0.6) is 0 Å². The molecule has 1 atom stereocenters. The molecule has 1 rings (SSSR count). The van der Waals surface area contributed by atoms with Gasteiger partial charge in [0.15, 0.2) is 6.54 Å². The quantitative estimate of drug-likeness (QED) is 0.617. The first-order chi connectivity index (χ1) is 9.51. The van der Waals surface area contributed by atoms with Crippen LogP contribution in [-0.4, -0.2) is 38.5 Å². The van der Waals surface area contributed by atoms with Crippen molar-refractivity contribution in [3.8, 4) is 0 Å². The van der Waals surface area contributed by atoms with Crippen molar-refractivity contribution in [1.29, 1.82) is 0 Å². The third-order valence-corrected chi connectivity index (χ3v) is 4.21. The molecule has 0 aromatic carbocycles. The standard InChI is InChI=1S/C13H20BrN3O2S/c1-3-6-15-12(18)7-16-13(19)9-17(2)8-10-4-5-11(14)20-10/h4-5H,3,6-9H2,1-2H3,(H,15,18)(H,16,19)/p+1. The average Bonchev–Trinajstić information content (AvgIpc) is 2.79. The molecular formula is C13H21BrN3O2S+. The summed E-state index contributed by atoms with van der Waals surface area (Å²) in [5, 5.41) is 5.36. The van der Waals surface area contributed by atoms with E-state index in [1.54, 1.807) is 11.3 Å². The molecule has 1 aromatic heterocycles. The summed E-state index contributed by atoms with van der Waals surface area (Å²) in [6.07, 6.45) is 0.892. The number of hydrogen-bond donors (Lipinski definition) is 3.